The van der Waals surface area contributed by atoms with Crippen molar-refractivity contribution in [1.29, 1.82) is 0 Å². The molecule has 3 aromatic rings. The molecule has 1 atom stereocenters. The maximum Gasteiger partial charge on any atom is 0.272 e. The summed E-state index contributed by atoms with van der Waals surface area (Å²) >= 11 is 0. The fraction of sp³-hybridized carbons (Fsp3) is 0.278. The van der Waals surface area contributed by atoms with E-state index in [2.05, 4.69) is 25.6 Å². The predicted octanol–water partition coefficient (Wildman–Crippen LogP) is 1.69. The second-order valence-corrected chi connectivity index (χ2v) is 6.27. The first-order chi connectivity index (χ1) is 12.7. The van der Waals surface area contributed by atoms with Crippen LogP contribution in [-0.4, -0.2) is 54.9 Å². The van der Waals surface area contributed by atoms with Crippen LogP contribution in [-0.2, 0) is 0 Å². The average molecular weight is 349 g/mol. The molecule has 132 valence electrons. The van der Waals surface area contributed by atoms with Crippen LogP contribution in [0.1, 0.15) is 22.6 Å². The monoisotopic (exact) mass is 349 g/mol. The fourth-order valence-electron chi connectivity index (χ4n) is 2.99. The minimum Gasteiger partial charge on any atom is -0.364 e. The number of nitrogens with one attached hydrogen (secondary N) is 1. The minimum atomic E-state index is -0.0367. The number of carbonyl (C=O) groups excluding carboxylic acids is 1. The minimum absolute atomic E-state index is 0.0367. The molecule has 0 saturated carbocycles. The number of hydrogen-bond acceptors (Lipinski definition) is 6. The van der Waals surface area contributed by atoms with Gasteiger partial charge in [0.2, 0.25) is 0 Å². The molecule has 1 amide bonds. The van der Waals surface area contributed by atoms with Crippen LogP contribution in [0.15, 0.2) is 48.8 Å². The Morgan fingerprint density at radius 1 is 1.19 bits per heavy atom. The lowest BCUT2D eigenvalue weighted by Gasteiger charge is -2.16. The molecule has 1 aliphatic rings. The van der Waals surface area contributed by atoms with Crippen LogP contribution in [0.5, 0.6) is 0 Å². The number of anilines is 1. The third-order valence-corrected chi connectivity index (χ3v) is 4.32. The van der Waals surface area contributed by atoms with Crippen LogP contribution in [0, 0.1) is 6.92 Å². The zero-order valence-corrected chi connectivity index (χ0v) is 14.4. The van der Waals surface area contributed by atoms with Crippen LogP contribution < -0.4 is 5.32 Å². The van der Waals surface area contributed by atoms with E-state index in [1.807, 2.05) is 42.3 Å². The molecule has 8 nitrogen and oxygen atoms in total. The Hall–Kier alpha value is -3.29. The van der Waals surface area contributed by atoms with Gasteiger partial charge in [-0.1, -0.05) is 6.07 Å². The largest absolute Gasteiger partial charge is 0.364 e. The number of rotatable bonds is 4. The van der Waals surface area contributed by atoms with E-state index in [9.17, 15) is 4.79 Å². The van der Waals surface area contributed by atoms with Gasteiger partial charge in [-0.25, -0.2) is 4.68 Å². The van der Waals surface area contributed by atoms with E-state index in [0.29, 0.717) is 30.4 Å². The van der Waals surface area contributed by atoms with Crippen molar-refractivity contribution in [3.05, 3.63) is 60.2 Å². The van der Waals surface area contributed by atoms with Crippen molar-refractivity contribution in [3.63, 3.8) is 0 Å². The lowest BCUT2D eigenvalue weighted by Crippen LogP contribution is -2.32. The highest BCUT2D eigenvalue weighted by Gasteiger charge is 2.27. The maximum atomic E-state index is 12.4. The van der Waals surface area contributed by atoms with E-state index >= 15 is 0 Å². The summed E-state index contributed by atoms with van der Waals surface area (Å²) in [7, 11) is 0. The topological polar surface area (TPSA) is 88.8 Å². The summed E-state index contributed by atoms with van der Waals surface area (Å²) in [5, 5.41) is 16.1. The van der Waals surface area contributed by atoms with Crippen molar-refractivity contribution in [1.82, 2.24) is 29.9 Å². The van der Waals surface area contributed by atoms with Crippen LogP contribution in [0.25, 0.3) is 5.82 Å². The number of likely N-dealkylation sites (tertiary alicyclic amines) is 1. The Bertz CT molecular complexity index is 891. The van der Waals surface area contributed by atoms with Gasteiger partial charge in [-0.3, -0.25) is 9.78 Å². The number of carbonyl (C=O) groups is 1. The van der Waals surface area contributed by atoms with Gasteiger partial charge in [0.05, 0.1) is 5.69 Å². The van der Waals surface area contributed by atoms with Gasteiger partial charge in [0.25, 0.3) is 5.91 Å². The maximum absolute atomic E-state index is 12.4. The summed E-state index contributed by atoms with van der Waals surface area (Å²) in [5.41, 5.74) is 1.41. The average Bonchev–Trinajstić information content (AvgIpc) is 3.32. The summed E-state index contributed by atoms with van der Waals surface area (Å²) < 4.78 is 1.69. The van der Waals surface area contributed by atoms with Gasteiger partial charge in [0.15, 0.2) is 5.82 Å². The van der Waals surface area contributed by atoms with Crippen molar-refractivity contribution in [2.75, 3.05) is 18.4 Å². The number of aromatic nitrogens is 5. The number of hydrogen-bond donors (Lipinski definition) is 1. The molecular weight excluding hydrogens is 330 g/mol. The first-order valence-corrected chi connectivity index (χ1v) is 8.52. The van der Waals surface area contributed by atoms with Crippen molar-refractivity contribution in [2.45, 2.75) is 19.4 Å². The lowest BCUT2D eigenvalue weighted by molar-refractivity contribution is 0.0786. The molecule has 0 spiro atoms. The smallest absolute Gasteiger partial charge is 0.272 e. The first kappa shape index (κ1) is 16.2. The third kappa shape index (κ3) is 3.39. The van der Waals surface area contributed by atoms with Crippen molar-refractivity contribution < 1.29 is 4.79 Å². The van der Waals surface area contributed by atoms with E-state index in [-0.39, 0.29) is 11.9 Å². The van der Waals surface area contributed by atoms with Gasteiger partial charge in [0.1, 0.15) is 11.5 Å². The Morgan fingerprint density at radius 3 is 2.81 bits per heavy atom. The lowest BCUT2D eigenvalue weighted by atomic mass is 10.2. The number of aryl methyl sites for hydroxylation is 1. The van der Waals surface area contributed by atoms with E-state index < -0.39 is 0 Å². The molecule has 26 heavy (non-hydrogen) atoms. The molecular formula is C18H19N7O. The predicted molar refractivity (Wildman–Crippen MR) is 96.1 cm³/mol. The highest BCUT2D eigenvalue weighted by Crippen LogP contribution is 2.16. The van der Waals surface area contributed by atoms with Gasteiger partial charge in [-0.15, -0.1) is 10.2 Å². The molecule has 1 fully saturated rings. The number of pyridine rings is 1. The second-order valence-electron chi connectivity index (χ2n) is 6.27. The zero-order valence-electron chi connectivity index (χ0n) is 14.4. The van der Waals surface area contributed by atoms with Gasteiger partial charge in [-0.2, -0.15) is 5.10 Å². The molecule has 1 N–H and O–H groups in total. The van der Waals surface area contributed by atoms with E-state index in [0.717, 1.165) is 12.1 Å². The summed E-state index contributed by atoms with van der Waals surface area (Å²) in [5.74, 6) is 1.32. The van der Waals surface area contributed by atoms with Crippen LogP contribution in [0.4, 0.5) is 5.82 Å². The van der Waals surface area contributed by atoms with Crippen LogP contribution in [0.2, 0.25) is 0 Å². The quantitative estimate of drug-likeness (QED) is 0.771. The summed E-state index contributed by atoms with van der Waals surface area (Å²) in [6, 6.07) is 11.2. The highest BCUT2D eigenvalue weighted by atomic mass is 16.2. The van der Waals surface area contributed by atoms with E-state index in [4.69, 9.17) is 0 Å². The molecule has 4 heterocycles. The van der Waals surface area contributed by atoms with Gasteiger partial charge < -0.3 is 10.2 Å². The molecule has 0 aromatic carbocycles. The van der Waals surface area contributed by atoms with Crippen LogP contribution in [0.3, 0.4) is 0 Å². The van der Waals surface area contributed by atoms with Crippen molar-refractivity contribution in [3.8, 4) is 5.82 Å². The normalized spacial score (nSPS) is 16.7. The van der Waals surface area contributed by atoms with Crippen molar-refractivity contribution >= 4 is 11.7 Å². The SMILES string of the molecule is Cc1ccn(-c2ccc(NC3CCN(C(=O)c4ccccn4)C3)nn2)n1. The second kappa shape index (κ2) is 6.91. The standard InChI is InChI=1S/C18H19N7O/c1-13-7-11-25(23-13)17-6-5-16(21-22-17)20-14-8-10-24(12-14)18(26)15-4-2-3-9-19-15/h2-7,9,11,14H,8,10,12H2,1H3,(H,20,21). The zero-order chi connectivity index (χ0) is 17.9. The molecule has 3 aromatic heterocycles. The summed E-state index contributed by atoms with van der Waals surface area (Å²) in [6.45, 7) is 3.25. The molecule has 8 heteroatoms. The molecule has 0 bridgehead atoms. The van der Waals surface area contributed by atoms with Gasteiger partial charge in [0, 0.05) is 31.5 Å². The number of amides is 1. The number of nitrogens with zero attached hydrogens (tertiary/aromatic N) is 6. The van der Waals surface area contributed by atoms with Gasteiger partial charge >= 0.3 is 0 Å². The van der Waals surface area contributed by atoms with Gasteiger partial charge in [-0.05, 0) is 43.7 Å². The summed E-state index contributed by atoms with van der Waals surface area (Å²) in [4.78, 5) is 18.4. The molecule has 0 radical (unpaired) electrons. The Morgan fingerprint density at radius 2 is 2.12 bits per heavy atom. The van der Waals surface area contributed by atoms with Crippen LogP contribution >= 0.6 is 0 Å². The Balaban J connectivity index is 1.37. The Kier molecular flexibility index (Phi) is 4.30. The molecule has 4 rings (SSSR count). The van der Waals surface area contributed by atoms with Crippen molar-refractivity contribution in [2.24, 2.45) is 0 Å². The molecule has 0 aliphatic carbocycles. The molecule has 1 unspecified atom stereocenters. The molecule has 1 saturated heterocycles. The van der Waals surface area contributed by atoms with E-state index in [1.54, 1.807) is 23.0 Å². The Labute approximate surface area is 150 Å². The first-order valence-electron chi connectivity index (χ1n) is 8.52. The summed E-state index contributed by atoms with van der Waals surface area (Å²) in [6.07, 6.45) is 4.35. The van der Waals surface area contributed by atoms with E-state index in [1.165, 1.54) is 0 Å². The molecule has 1 aliphatic heterocycles. The highest BCUT2D eigenvalue weighted by molar-refractivity contribution is 5.92. The third-order valence-electron chi connectivity index (χ3n) is 4.32. The fourth-order valence-corrected chi connectivity index (χ4v) is 2.99.